The molecule has 0 unspecified atom stereocenters. The van der Waals surface area contributed by atoms with Gasteiger partial charge in [-0.15, -0.1) is 5.10 Å². The van der Waals surface area contributed by atoms with Crippen LogP contribution in [0.4, 0.5) is 28.9 Å². The van der Waals surface area contributed by atoms with Crippen LogP contribution in [0, 0.1) is 11.6 Å². The molecule has 0 saturated carbocycles. The number of rotatable bonds is 10. The van der Waals surface area contributed by atoms with E-state index in [1.54, 1.807) is 21.5 Å². The van der Waals surface area contributed by atoms with E-state index in [0.717, 1.165) is 78.0 Å². The van der Waals surface area contributed by atoms with Crippen molar-refractivity contribution in [3.05, 3.63) is 137 Å². The largest absolute Gasteiger partial charge is 0.377 e. The Morgan fingerprint density at radius 2 is 1.42 bits per heavy atom. The Kier molecular flexibility index (Phi) is 9.13. The summed E-state index contributed by atoms with van der Waals surface area (Å²) in [5.41, 5.74) is -0.745. The summed E-state index contributed by atoms with van der Waals surface area (Å²) in [6.07, 6.45) is 5.84. The minimum absolute atomic E-state index is 0.0696. The van der Waals surface area contributed by atoms with Crippen molar-refractivity contribution in [1.82, 2.24) is 34.3 Å². The zero-order chi connectivity index (χ0) is 36.6. The van der Waals surface area contributed by atoms with Crippen molar-refractivity contribution in [3.8, 4) is 16.8 Å². The molecule has 0 spiro atoms. The molecule has 3 aromatic heterocycles. The molecule has 1 saturated heterocycles. The number of tetrazole rings is 1. The van der Waals surface area contributed by atoms with E-state index < -0.39 is 41.0 Å². The van der Waals surface area contributed by atoms with Crippen LogP contribution in [0.15, 0.2) is 109 Å². The zero-order valence-corrected chi connectivity index (χ0v) is 28.3. The van der Waals surface area contributed by atoms with Crippen LogP contribution in [0.1, 0.15) is 31.1 Å². The highest BCUT2D eigenvalue weighted by atomic mass is 19.3. The number of pyridine rings is 1. The number of nitrogens with zero attached hydrogens (tertiary/aromatic N) is 9. The molecule has 6 aromatic rings. The van der Waals surface area contributed by atoms with Gasteiger partial charge in [-0.05, 0) is 84.4 Å². The molecule has 15 heteroatoms. The topological polar surface area (TPSA) is 110 Å². The molecule has 1 atom stereocenters. The Bertz CT molecular complexity index is 2200. The summed E-state index contributed by atoms with van der Waals surface area (Å²) in [5.74, 6) is -6.49. The minimum Gasteiger partial charge on any atom is -0.377 e. The first-order valence-electron chi connectivity index (χ1n) is 16.7. The monoisotopic (exact) mass is 713 g/mol. The molecule has 268 valence electrons. The Balaban J connectivity index is 1.02. The summed E-state index contributed by atoms with van der Waals surface area (Å²) in [6.45, 7) is 6.17. The van der Waals surface area contributed by atoms with Gasteiger partial charge in [0.2, 0.25) is 0 Å². The fourth-order valence-corrected chi connectivity index (χ4v) is 6.52. The van der Waals surface area contributed by atoms with Gasteiger partial charge in [-0.2, -0.15) is 8.78 Å². The Hall–Kier alpha value is -5.83. The normalized spacial score (nSPS) is 14.9. The smallest absolute Gasteiger partial charge is 0.332 e. The molecular weight excluding hydrogens is 678 g/mol. The van der Waals surface area contributed by atoms with Gasteiger partial charge in [0.1, 0.15) is 23.7 Å². The summed E-state index contributed by atoms with van der Waals surface area (Å²) >= 11 is 0. The van der Waals surface area contributed by atoms with Crippen molar-refractivity contribution in [2.45, 2.75) is 38.0 Å². The lowest BCUT2D eigenvalue weighted by Crippen LogP contribution is -2.48. The number of alkyl halides is 2. The lowest BCUT2D eigenvalue weighted by Gasteiger charge is -2.37. The molecule has 1 aliphatic heterocycles. The number of hydrogen-bond donors (Lipinski definition) is 1. The van der Waals surface area contributed by atoms with Crippen LogP contribution < -0.4 is 15.5 Å². The molecule has 11 nitrogen and oxygen atoms in total. The molecule has 0 amide bonds. The van der Waals surface area contributed by atoms with Gasteiger partial charge in [-0.1, -0.05) is 18.2 Å². The molecule has 0 bridgehead atoms. The first-order valence-corrected chi connectivity index (χ1v) is 16.7. The van der Waals surface area contributed by atoms with E-state index in [1.807, 2.05) is 62.4 Å². The van der Waals surface area contributed by atoms with E-state index in [2.05, 4.69) is 30.3 Å². The molecule has 1 fully saturated rings. The molecule has 0 aliphatic carbocycles. The van der Waals surface area contributed by atoms with Crippen LogP contribution >= 0.6 is 0 Å². The number of aromatic nitrogens is 7. The lowest BCUT2D eigenvalue weighted by atomic mass is 9.84. The van der Waals surface area contributed by atoms with Crippen molar-refractivity contribution in [3.63, 3.8) is 0 Å². The molecule has 7 rings (SSSR count). The summed E-state index contributed by atoms with van der Waals surface area (Å²) < 4.78 is 65.0. The fraction of sp³-hybridized carbons (Fsp3) is 0.270. The predicted molar refractivity (Wildman–Crippen MR) is 186 cm³/mol. The Morgan fingerprint density at radius 1 is 0.808 bits per heavy atom. The number of imidazole rings is 1. The number of hydrogen-bond acceptors (Lipinski definition) is 8. The third-order valence-corrected chi connectivity index (χ3v) is 9.46. The first-order chi connectivity index (χ1) is 24.9. The van der Waals surface area contributed by atoms with Gasteiger partial charge in [0, 0.05) is 79.4 Å². The number of halogens is 4. The molecule has 4 heterocycles. The lowest BCUT2D eigenvalue weighted by molar-refractivity contribution is -0.207. The third kappa shape index (κ3) is 6.43. The Labute approximate surface area is 296 Å². The van der Waals surface area contributed by atoms with Crippen molar-refractivity contribution in [1.29, 1.82) is 0 Å². The highest BCUT2D eigenvalue weighted by Crippen LogP contribution is 2.47. The maximum Gasteiger partial charge on any atom is 0.332 e. The highest BCUT2D eigenvalue weighted by Gasteiger charge is 2.58. The van der Waals surface area contributed by atoms with Crippen LogP contribution in [0.25, 0.3) is 16.8 Å². The average molecular weight is 714 g/mol. The van der Waals surface area contributed by atoms with Crippen LogP contribution in [0.5, 0.6) is 0 Å². The van der Waals surface area contributed by atoms with Gasteiger partial charge >= 0.3 is 11.6 Å². The van der Waals surface area contributed by atoms with Crippen LogP contribution in [-0.2, 0) is 18.1 Å². The number of anilines is 2. The minimum atomic E-state index is -4.15. The highest BCUT2D eigenvalue weighted by molar-refractivity contribution is 5.66. The third-order valence-electron chi connectivity index (χ3n) is 9.46. The van der Waals surface area contributed by atoms with E-state index in [4.69, 9.17) is 0 Å². The van der Waals surface area contributed by atoms with Crippen molar-refractivity contribution >= 4 is 11.4 Å². The first kappa shape index (κ1) is 34.6. The Morgan fingerprint density at radius 3 is 1.96 bits per heavy atom. The van der Waals surface area contributed by atoms with Gasteiger partial charge in [0.25, 0.3) is 0 Å². The van der Waals surface area contributed by atoms with Crippen LogP contribution in [0.2, 0.25) is 0 Å². The van der Waals surface area contributed by atoms with E-state index in [0.29, 0.717) is 11.6 Å². The van der Waals surface area contributed by atoms with Gasteiger partial charge in [0.15, 0.2) is 5.60 Å². The van der Waals surface area contributed by atoms with Crippen molar-refractivity contribution in [2.24, 2.45) is 0 Å². The second kappa shape index (κ2) is 13.7. The van der Waals surface area contributed by atoms with E-state index in [9.17, 15) is 18.7 Å². The molecule has 0 radical (unpaired) electrons. The quantitative estimate of drug-likeness (QED) is 0.184. The summed E-state index contributed by atoms with van der Waals surface area (Å²) in [6, 6.07) is 20.2. The zero-order valence-electron chi connectivity index (χ0n) is 28.3. The van der Waals surface area contributed by atoms with Crippen LogP contribution in [0.3, 0.4) is 0 Å². The van der Waals surface area contributed by atoms with Gasteiger partial charge in [-0.25, -0.2) is 18.3 Å². The summed E-state index contributed by atoms with van der Waals surface area (Å²) in [7, 11) is 0. The van der Waals surface area contributed by atoms with Gasteiger partial charge in [0.05, 0.1) is 12.2 Å². The second-order valence-electron chi connectivity index (χ2n) is 13.0. The maximum absolute atomic E-state index is 16.1. The molecule has 1 N–H and O–H groups in total. The van der Waals surface area contributed by atoms with E-state index in [-0.39, 0.29) is 11.7 Å². The van der Waals surface area contributed by atoms with Crippen molar-refractivity contribution in [2.75, 3.05) is 36.0 Å². The number of piperazine rings is 1. The molecule has 3 aromatic carbocycles. The molecule has 1 aliphatic rings. The van der Waals surface area contributed by atoms with Gasteiger partial charge in [-0.3, -0.25) is 14.1 Å². The average Bonchev–Trinajstić information content (AvgIpc) is 3.81. The number of aliphatic hydroxyl groups is 1. The number of benzene rings is 3. The fourth-order valence-electron chi connectivity index (χ4n) is 6.52. The standard InChI is InChI=1S/C37H35F4N9O2/c1-25(2)49-19-20-50(35(49)51)31-11-9-30(10-12-31)47-17-15-46(16-18-47)29-7-3-26(4-8-29)27-5-14-34(42-22-27)37(40,41)36(52,23-48-24-43-44-45-48)32-13-6-28(38)21-33(32)39/h3-14,19-22,24-25,52H,15-18,23H2,1-2H3/t36-/m0/s1. The molecule has 52 heavy (non-hydrogen) atoms. The van der Waals surface area contributed by atoms with Crippen LogP contribution in [-0.4, -0.2) is 65.6 Å². The van der Waals surface area contributed by atoms with Crippen molar-refractivity contribution < 1.29 is 22.7 Å². The van der Waals surface area contributed by atoms with E-state index >= 15 is 8.78 Å². The summed E-state index contributed by atoms with van der Waals surface area (Å²) in [4.78, 5) is 21.3. The maximum atomic E-state index is 16.1. The molecular formula is C37H35F4N9O2. The second-order valence-corrected chi connectivity index (χ2v) is 13.0. The van der Waals surface area contributed by atoms with Gasteiger partial charge < -0.3 is 14.9 Å². The SMILES string of the molecule is CC(C)n1ccn(-c2ccc(N3CCN(c4ccc(-c5ccc(C(F)(F)[C@](O)(Cn6cnnn6)c6ccc(F)cc6F)nc5)cc4)CC3)cc2)c1=O. The summed E-state index contributed by atoms with van der Waals surface area (Å²) in [5, 5.41) is 21.8. The predicted octanol–water partition coefficient (Wildman–Crippen LogP) is 5.55. The van der Waals surface area contributed by atoms with E-state index in [1.165, 1.54) is 12.3 Å².